The summed E-state index contributed by atoms with van der Waals surface area (Å²) >= 11 is 0. The molecule has 0 unspecified atom stereocenters. The van der Waals surface area contributed by atoms with E-state index < -0.39 is 0 Å². The van der Waals surface area contributed by atoms with Crippen molar-refractivity contribution in [1.82, 2.24) is 0 Å². The molecule has 8 rings (SSSR count). The average Bonchev–Trinajstić information content (AvgIpc) is 3.57. The Bertz CT molecular complexity index is 2140. The lowest BCUT2D eigenvalue weighted by Crippen LogP contribution is -1.99. The van der Waals surface area contributed by atoms with Crippen LogP contribution in [0.3, 0.4) is 0 Å². The summed E-state index contributed by atoms with van der Waals surface area (Å²) in [5.41, 5.74) is 12.2. The highest BCUT2D eigenvalue weighted by Gasteiger charge is 2.28. The van der Waals surface area contributed by atoms with Crippen molar-refractivity contribution in [2.24, 2.45) is 9.98 Å². The van der Waals surface area contributed by atoms with Crippen molar-refractivity contribution in [1.29, 1.82) is 0 Å². The number of aliphatic imine (C=N–C) groups is 2. The van der Waals surface area contributed by atoms with Crippen molar-refractivity contribution in [3.63, 3.8) is 0 Å². The molecule has 6 aromatic rings. The van der Waals surface area contributed by atoms with E-state index >= 15 is 0 Å². The molecule has 0 radical (unpaired) electrons. The van der Waals surface area contributed by atoms with Crippen LogP contribution < -0.4 is 0 Å². The molecule has 2 aliphatic carbocycles. The highest BCUT2D eigenvalue weighted by molar-refractivity contribution is 6.26. The predicted molar refractivity (Wildman–Crippen MR) is 180 cm³/mol. The normalized spacial score (nSPS) is 14.1. The first-order chi connectivity index (χ1) is 22.4. The van der Waals surface area contributed by atoms with Gasteiger partial charge in [0, 0.05) is 46.5 Å². The van der Waals surface area contributed by atoms with E-state index in [2.05, 4.69) is 0 Å². The molecule has 46 heavy (non-hydrogen) atoms. The maximum absolute atomic E-state index is 11.5. The van der Waals surface area contributed by atoms with Crippen LogP contribution in [0.25, 0.3) is 33.4 Å². The number of rotatable bonds is 5. The third-order valence-electron chi connectivity index (χ3n) is 8.43. The van der Waals surface area contributed by atoms with E-state index in [1.54, 1.807) is 24.3 Å². The Kier molecular flexibility index (Phi) is 6.21. The van der Waals surface area contributed by atoms with Crippen LogP contribution >= 0.6 is 0 Å². The van der Waals surface area contributed by atoms with Crippen molar-refractivity contribution in [3.05, 3.63) is 176 Å². The minimum atomic E-state index is -0.384. The zero-order valence-corrected chi connectivity index (χ0v) is 24.1. The molecule has 8 heteroatoms. The number of non-ortho nitro benzene ring substituents is 2. The van der Waals surface area contributed by atoms with E-state index in [-0.39, 0.29) is 21.2 Å². The fraction of sp³-hybridized carbons (Fsp3) is 0. The molecule has 0 heterocycles. The zero-order chi connectivity index (χ0) is 31.4. The third-order valence-corrected chi connectivity index (χ3v) is 8.43. The summed E-state index contributed by atoms with van der Waals surface area (Å²) in [5, 5.41) is 23.0. The maximum atomic E-state index is 11.5. The number of nitro benzene ring substituents is 2. The number of nitro groups is 2. The lowest BCUT2D eigenvalue weighted by atomic mass is 10.0. The maximum Gasteiger partial charge on any atom is 0.270 e. The lowest BCUT2D eigenvalue weighted by Gasteiger charge is -2.06. The summed E-state index contributed by atoms with van der Waals surface area (Å²) in [7, 11) is 0. The first-order valence-corrected chi connectivity index (χ1v) is 14.6. The Morgan fingerprint density at radius 3 is 1.11 bits per heavy atom. The van der Waals surface area contributed by atoms with Crippen molar-refractivity contribution < 1.29 is 9.85 Å². The van der Waals surface area contributed by atoms with Gasteiger partial charge in [-0.25, -0.2) is 9.98 Å². The summed E-state index contributed by atoms with van der Waals surface area (Å²) in [6.45, 7) is 0. The molecule has 0 saturated heterocycles. The van der Waals surface area contributed by atoms with Gasteiger partial charge in [-0.2, -0.15) is 0 Å². The Labute approximate surface area is 263 Å². The summed E-state index contributed by atoms with van der Waals surface area (Å²) in [6.07, 6.45) is 0. The van der Waals surface area contributed by atoms with Gasteiger partial charge in [0.05, 0.1) is 32.6 Å². The van der Waals surface area contributed by atoms with Gasteiger partial charge in [0.25, 0.3) is 11.4 Å². The van der Waals surface area contributed by atoms with E-state index in [1.165, 1.54) is 12.1 Å². The Balaban J connectivity index is 1.10. The van der Waals surface area contributed by atoms with Crippen LogP contribution in [0.4, 0.5) is 22.7 Å². The van der Waals surface area contributed by atoms with E-state index in [0.29, 0.717) is 11.4 Å². The number of nitrogens with zero attached hydrogens (tertiary/aromatic N) is 4. The minimum Gasteiger partial charge on any atom is -0.258 e. The molecule has 2 aliphatic rings. The SMILES string of the molecule is O=[N+]([O-])c1ccc2c(c1)C(=Nc1ccc(-c3ccc(N=C4c5ccccc5-c5ccc([N+](=O)[O-])cc54)cc3)cc1)c1ccccc1-2. The van der Waals surface area contributed by atoms with E-state index in [4.69, 9.17) is 9.98 Å². The van der Waals surface area contributed by atoms with Crippen molar-refractivity contribution >= 4 is 34.2 Å². The average molecular weight is 599 g/mol. The topological polar surface area (TPSA) is 111 Å². The highest BCUT2D eigenvalue weighted by Crippen LogP contribution is 2.41. The Morgan fingerprint density at radius 1 is 0.391 bits per heavy atom. The first kappa shape index (κ1) is 27.0. The molecule has 218 valence electrons. The molecular weight excluding hydrogens is 576 g/mol. The van der Waals surface area contributed by atoms with Crippen LogP contribution in [0.15, 0.2) is 143 Å². The Morgan fingerprint density at radius 2 is 0.739 bits per heavy atom. The third kappa shape index (κ3) is 4.48. The van der Waals surface area contributed by atoms with Crippen molar-refractivity contribution in [2.75, 3.05) is 0 Å². The summed E-state index contributed by atoms with van der Waals surface area (Å²) < 4.78 is 0. The van der Waals surface area contributed by atoms with E-state index in [9.17, 15) is 20.2 Å². The number of benzene rings is 6. The molecular formula is C38H22N4O4. The van der Waals surface area contributed by atoms with Gasteiger partial charge in [-0.05, 0) is 69.8 Å². The van der Waals surface area contributed by atoms with Crippen LogP contribution in [-0.2, 0) is 0 Å². The van der Waals surface area contributed by atoms with Crippen LogP contribution in [-0.4, -0.2) is 21.3 Å². The van der Waals surface area contributed by atoms with Gasteiger partial charge in [-0.15, -0.1) is 0 Å². The van der Waals surface area contributed by atoms with Gasteiger partial charge in [0.1, 0.15) is 0 Å². The number of hydrogen-bond acceptors (Lipinski definition) is 6. The standard InChI is InChI=1S/C38H22N4O4/c43-41(44)27-17-19-31-29-5-1-3-7-33(29)37(35(31)21-27)39-25-13-9-23(10-14-25)24-11-15-26(16-12-24)40-38-34-8-4-2-6-30(34)32-20-18-28(42(45)46)22-36(32)38/h1-22H. The number of hydrogen-bond donors (Lipinski definition) is 0. The summed E-state index contributed by atoms with van der Waals surface area (Å²) in [4.78, 5) is 32.1. The molecule has 0 atom stereocenters. The smallest absolute Gasteiger partial charge is 0.258 e. The fourth-order valence-corrected chi connectivity index (χ4v) is 6.25. The van der Waals surface area contributed by atoms with Crippen molar-refractivity contribution in [2.45, 2.75) is 0 Å². The summed E-state index contributed by atoms with van der Waals surface area (Å²) in [5.74, 6) is 0. The number of fused-ring (bicyclic) bond motifs is 6. The van der Waals surface area contributed by atoms with Gasteiger partial charge >= 0.3 is 0 Å². The molecule has 0 N–H and O–H groups in total. The lowest BCUT2D eigenvalue weighted by molar-refractivity contribution is -0.385. The summed E-state index contributed by atoms with van der Waals surface area (Å²) in [6, 6.07) is 41.4. The van der Waals surface area contributed by atoms with Crippen molar-refractivity contribution in [3.8, 4) is 33.4 Å². The van der Waals surface area contributed by atoms with Crippen LogP contribution in [0.2, 0.25) is 0 Å². The minimum absolute atomic E-state index is 0.0332. The van der Waals surface area contributed by atoms with Gasteiger partial charge in [-0.3, -0.25) is 20.2 Å². The van der Waals surface area contributed by atoms with Gasteiger partial charge in [0.2, 0.25) is 0 Å². The van der Waals surface area contributed by atoms with E-state index in [0.717, 1.165) is 67.0 Å². The van der Waals surface area contributed by atoms with Crippen LogP contribution in [0.1, 0.15) is 22.3 Å². The molecule has 0 bridgehead atoms. The monoisotopic (exact) mass is 598 g/mol. The first-order valence-electron chi connectivity index (χ1n) is 14.6. The zero-order valence-electron chi connectivity index (χ0n) is 24.1. The van der Waals surface area contributed by atoms with E-state index in [1.807, 2.05) is 97.1 Å². The molecule has 0 aliphatic heterocycles. The quantitative estimate of drug-likeness (QED) is 0.145. The molecule has 8 nitrogen and oxygen atoms in total. The van der Waals surface area contributed by atoms with Crippen LogP contribution in [0, 0.1) is 20.2 Å². The van der Waals surface area contributed by atoms with Gasteiger partial charge in [-0.1, -0.05) is 72.8 Å². The van der Waals surface area contributed by atoms with Crippen LogP contribution in [0.5, 0.6) is 0 Å². The Hall–Kier alpha value is -6.54. The second kappa shape index (κ2) is 10.6. The molecule has 0 fully saturated rings. The fourth-order valence-electron chi connectivity index (χ4n) is 6.25. The van der Waals surface area contributed by atoms with Gasteiger partial charge < -0.3 is 0 Å². The molecule has 6 aromatic carbocycles. The molecule has 0 saturated carbocycles. The highest BCUT2D eigenvalue weighted by atomic mass is 16.6. The second-order valence-corrected chi connectivity index (χ2v) is 11.1. The second-order valence-electron chi connectivity index (χ2n) is 11.1. The van der Waals surface area contributed by atoms with Gasteiger partial charge in [0.15, 0.2) is 0 Å². The molecule has 0 amide bonds. The predicted octanol–water partition coefficient (Wildman–Crippen LogP) is 9.47. The molecule has 0 spiro atoms. The molecule has 0 aromatic heterocycles. The largest absolute Gasteiger partial charge is 0.270 e.